The highest BCUT2D eigenvalue weighted by atomic mass is 16.8. The van der Waals surface area contributed by atoms with Gasteiger partial charge in [-0.15, -0.1) is 0 Å². The minimum atomic E-state index is -1.64. The molecule has 18 nitrogen and oxygen atoms in total. The van der Waals surface area contributed by atoms with Gasteiger partial charge in [-0.1, -0.05) is 35.4 Å². The van der Waals surface area contributed by atoms with Gasteiger partial charge in [0.25, 0.3) is 0 Å². The molecule has 3 heterocycles. The third-order valence-corrected chi connectivity index (χ3v) is 8.12. The van der Waals surface area contributed by atoms with Crippen LogP contribution in [-0.2, 0) is 61.8 Å². The van der Waals surface area contributed by atoms with Crippen molar-refractivity contribution in [3.63, 3.8) is 0 Å². The number of esters is 4. The molecule has 2 aromatic carbocycles. The van der Waals surface area contributed by atoms with Crippen LogP contribution >= 0.6 is 0 Å². The van der Waals surface area contributed by atoms with Gasteiger partial charge in [0.1, 0.15) is 48.6 Å². The number of carbonyl (C=O) groups excluding carboxylic acids is 4. The van der Waals surface area contributed by atoms with E-state index in [9.17, 15) is 24.7 Å². The quantitative estimate of drug-likeness (QED) is 0.101. The SMILES string of the molecule is COc1ccc(O[C@@H]2O[C@@H]3COC(c4ccccc4)O[C@H]3[C@H](O[C@@H]3O[C@H](COC(C)=O)[C@H](OC(C)=O)[C@H](OC(C)=O)[C@H]3OC(C)=O)[C@H]2N=[N+]=[N-])cc1. The van der Waals surface area contributed by atoms with E-state index in [2.05, 4.69) is 10.0 Å². The first kappa shape index (κ1) is 38.3. The van der Waals surface area contributed by atoms with Crippen molar-refractivity contribution < 1.29 is 71.3 Å². The molecule has 3 fully saturated rings. The molecular weight excluding hydrogens is 690 g/mol. The summed E-state index contributed by atoms with van der Waals surface area (Å²) in [5.74, 6) is -2.25. The summed E-state index contributed by atoms with van der Waals surface area (Å²) in [5, 5.41) is 3.99. The lowest BCUT2D eigenvalue weighted by Gasteiger charge is -2.50. The maximum atomic E-state index is 12.5. The number of ether oxygens (including phenoxy) is 11. The number of carbonyl (C=O) groups is 4. The zero-order valence-electron chi connectivity index (χ0n) is 28.9. The second-order valence-electron chi connectivity index (χ2n) is 11.9. The van der Waals surface area contributed by atoms with Crippen LogP contribution < -0.4 is 9.47 Å². The van der Waals surface area contributed by atoms with E-state index < -0.39 is 98.1 Å². The van der Waals surface area contributed by atoms with Crippen molar-refractivity contribution in [1.29, 1.82) is 0 Å². The largest absolute Gasteiger partial charge is 0.497 e. The second kappa shape index (κ2) is 17.5. The lowest BCUT2D eigenvalue weighted by molar-refractivity contribution is -0.370. The van der Waals surface area contributed by atoms with Crippen LogP contribution in [-0.4, -0.2) is 106 Å². The van der Waals surface area contributed by atoms with Crippen LogP contribution in [0.15, 0.2) is 59.7 Å². The maximum Gasteiger partial charge on any atom is 0.303 e. The average Bonchev–Trinajstić information content (AvgIpc) is 3.11. The van der Waals surface area contributed by atoms with Crippen molar-refractivity contribution in [2.45, 2.75) is 95.3 Å². The van der Waals surface area contributed by atoms with Gasteiger partial charge in [-0.05, 0) is 29.8 Å². The van der Waals surface area contributed by atoms with E-state index >= 15 is 0 Å². The molecule has 0 radical (unpaired) electrons. The monoisotopic (exact) mass is 729 g/mol. The molecule has 18 heteroatoms. The molecule has 5 rings (SSSR count). The molecule has 0 N–H and O–H groups in total. The molecule has 3 aliphatic rings. The highest BCUT2D eigenvalue weighted by Crippen LogP contribution is 2.40. The van der Waals surface area contributed by atoms with E-state index in [-0.39, 0.29) is 6.61 Å². The van der Waals surface area contributed by atoms with Crippen LogP contribution in [0.5, 0.6) is 11.5 Å². The van der Waals surface area contributed by atoms with E-state index in [4.69, 9.17) is 52.1 Å². The molecular formula is C34H39N3O15. The summed E-state index contributed by atoms with van der Waals surface area (Å²) >= 11 is 0. The number of benzene rings is 2. The van der Waals surface area contributed by atoms with E-state index in [1.54, 1.807) is 48.5 Å². The average molecular weight is 730 g/mol. The fraction of sp³-hybridized carbons (Fsp3) is 0.529. The Labute approximate surface area is 298 Å². The molecule has 0 bridgehead atoms. The Morgan fingerprint density at radius 2 is 1.40 bits per heavy atom. The van der Waals surface area contributed by atoms with Gasteiger partial charge in [0.05, 0.1) is 13.7 Å². The van der Waals surface area contributed by atoms with E-state index in [1.807, 2.05) is 6.07 Å². The third-order valence-electron chi connectivity index (χ3n) is 8.12. The van der Waals surface area contributed by atoms with Crippen molar-refractivity contribution in [3.05, 3.63) is 70.6 Å². The van der Waals surface area contributed by atoms with E-state index in [1.165, 1.54) is 7.11 Å². The van der Waals surface area contributed by atoms with Crippen LogP contribution in [0.25, 0.3) is 10.4 Å². The molecule has 0 saturated carbocycles. The molecule has 3 aliphatic heterocycles. The lowest BCUT2D eigenvalue weighted by Crippen LogP contribution is -2.67. The number of methoxy groups -OCH3 is 1. The summed E-state index contributed by atoms with van der Waals surface area (Å²) in [6.07, 6.45) is -12.8. The fourth-order valence-corrected chi connectivity index (χ4v) is 6.02. The van der Waals surface area contributed by atoms with Gasteiger partial charge in [0, 0.05) is 38.2 Å². The Kier molecular flexibility index (Phi) is 12.9. The first-order chi connectivity index (χ1) is 25.0. The fourth-order valence-electron chi connectivity index (χ4n) is 6.02. The lowest BCUT2D eigenvalue weighted by atomic mass is 9.94. The predicted octanol–water partition coefficient (Wildman–Crippen LogP) is 3.06. The molecule has 280 valence electrons. The molecule has 52 heavy (non-hydrogen) atoms. The van der Waals surface area contributed by atoms with Gasteiger partial charge in [-0.2, -0.15) is 0 Å². The topological polar surface area (TPSA) is 219 Å². The van der Waals surface area contributed by atoms with Gasteiger partial charge in [-0.3, -0.25) is 19.2 Å². The van der Waals surface area contributed by atoms with Crippen molar-refractivity contribution in [1.82, 2.24) is 0 Å². The van der Waals surface area contributed by atoms with Crippen molar-refractivity contribution >= 4 is 23.9 Å². The van der Waals surface area contributed by atoms with E-state index in [0.29, 0.717) is 17.1 Å². The number of hydrogen-bond donors (Lipinski definition) is 0. The number of azide groups is 1. The van der Waals surface area contributed by atoms with Crippen molar-refractivity contribution in [3.8, 4) is 11.5 Å². The van der Waals surface area contributed by atoms with Crippen LogP contribution in [0.2, 0.25) is 0 Å². The van der Waals surface area contributed by atoms with Gasteiger partial charge in [0.2, 0.25) is 6.29 Å². The first-order valence-electron chi connectivity index (χ1n) is 16.3. The number of fused-ring (bicyclic) bond motifs is 1. The summed E-state index contributed by atoms with van der Waals surface area (Å²) in [7, 11) is 1.51. The number of nitrogens with zero attached hydrogens (tertiary/aromatic N) is 3. The summed E-state index contributed by atoms with van der Waals surface area (Å²) < 4.78 is 64.7. The minimum Gasteiger partial charge on any atom is -0.497 e. The molecule has 1 unspecified atom stereocenters. The standard InChI is InChI=1S/C34H39N3O15/c1-17(38)43-15-24-28(45-18(2)39)30(46-19(3)40)31(47-20(4)41)34(50-24)52-29-26(36-37-35)33(48-23-13-11-22(42-5)12-14-23)49-25-16-44-32(51-27(25)29)21-9-7-6-8-10-21/h6-14,24-34H,15-16H2,1-5H3/t24-,25-,26-,27-,28+,29-,30+,31-,32?,33-,34+/m1/s1. The van der Waals surface area contributed by atoms with E-state index in [0.717, 1.165) is 27.7 Å². The second-order valence-corrected chi connectivity index (χ2v) is 11.9. The zero-order chi connectivity index (χ0) is 37.4. The highest BCUT2D eigenvalue weighted by molar-refractivity contribution is 5.68. The summed E-state index contributed by atoms with van der Waals surface area (Å²) in [6.45, 7) is 3.97. The van der Waals surface area contributed by atoms with Gasteiger partial charge < -0.3 is 52.1 Å². The summed E-state index contributed by atoms with van der Waals surface area (Å²) in [5.41, 5.74) is 10.4. The maximum absolute atomic E-state index is 12.5. The third kappa shape index (κ3) is 9.47. The molecule has 0 spiro atoms. The molecule has 0 aliphatic carbocycles. The molecule has 3 saturated heterocycles. The van der Waals surface area contributed by atoms with Gasteiger partial charge in [-0.25, -0.2) is 0 Å². The first-order valence-corrected chi connectivity index (χ1v) is 16.3. The van der Waals surface area contributed by atoms with Crippen LogP contribution in [0.4, 0.5) is 0 Å². The molecule has 11 atom stereocenters. The van der Waals surface area contributed by atoms with Crippen LogP contribution in [0.3, 0.4) is 0 Å². The Bertz CT molecular complexity index is 1600. The van der Waals surface area contributed by atoms with Gasteiger partial charge in [0.15, 0.2) is 30.9 Å². The van der Waals surface area contributed by atoms with Gasteiger partial charge >= 0.3 is 23.9 Å². The normalized spacial score (nSPS) is 31.1. The van der Waals surface area contributed by atoms with Crippen molar-refractivity contribution in [2.24, 2.45) is 5.11 Å². The van der Waals surface area contributed by atoms with Crippen LogP contribution in [0.1, 0.15) is 39.5 Å². The Balaban J connectivity index is 1.56. The summed E-state index contributed by atoms with van der Waals surface area (Å²) in [4.78, 5) is 52.0. The summed E-state index contributed by atoms with van der Waals surface area (Å²) in [6, 6.07) is 14.3. The van der Waals surface area contributed by atoms with Crippen molar-refractivity contribution in [2.75, 3.05) is 20.3 Å². The Hall–Kier alpha value is -4.97. The van der Waals surface area contributed by atoms with Crippen LogP contribution in [0, 0.1) is 0 Å². The Morgan fingerprint density at radius 3 is 2.02 bits per heavy atom. The number of hydrogen-bond acceptors (Lipinski definition) is 16. The highest BCUT2D eigenvalue weighted by Gasteiger charge is 2.57. The zero-order valence-corrected chi connectivity index (χ0v) is 28.9. The smallest absolute Gasteiger partial charge is 0.303 e. The minimum absolute atomic E-state index is 0.0197. The predicted molar refractivity (Wildman–Crippen MR) is 172 cm³/mol. The molecule has 0 aromatic heterocycles. The molecule has 2 aromatic rings. The number of rotatable bonds is 12. The Morgan fingerprint density at radius 1 is 0.769 bits per heavy atom. The molecule has 0 amide bonds.